The SMILES string of the molecule is O=C(/C=C/c1ccccc1[N+](=O)[O-])N1CCN(c2ccc(F)cc2)CC1. The van der Waals surface area contributed by atoms with Crippen LogP contribution in [0.25, 0.3) is 6.08 Å². The van der Waals surface area contributed by atoms with E-state index >= 15 is 0 Å². The smallest absolute Gasteiger partial charge is 0.276 e. The molecule has 1 aliphatic rings. The van der Waals surface area contributed by atoms with Gasteiger partial charge in [-0.25, -0.2) is 4.39 Å². The van der Waals surface area contributed by atoms with Crippen LogP contribution >= 0.6 is 0 Å². The average Bonchev–Trinajstić information content (AvgIpc) is 2.67. The minimum atomic E-state index is -0.467. The van der Waals surface area contributed by atoms with E-state index in [9.17, 15) is 19.3 Å². The molecule has 134 valence electrons. The molecule has 2 aromatic carbocycles. The number of amides is 1. The fourth-order valence-corrected chi connectivity index (χ4v) is 2.90. The monoisotopic (exact) mass is 355 g/mol. The summed E-state index contributed by atoms with van der Waals surface area (Å²) in [5, 5.41) is 11.0. The summed E-state index contributed by atoms with van der Waals surface area (Å²) in [6.45, 7) is 2.38. The molecule has 0 aromatic heterocycles. The van der Waals surface area contributed by atoms with Gasteiger partial charge in [-0.2, -0.15) is 0 Å². The first-order valence-electron chi connectivity index (χ1n) is 8.25. The number of carbonyl (C=O) groups is 1. The van der Waals surface area contributed by atoms with Gasteiger partial charge in [0.15, 0.2) is 0 Å². The van der Waals surface area contributed by atoms with Crippen molar-refractivity contribution in [3.63, 3.8) is 0 Å². The highest BCUT2D eigenvalue weighted by Crippen LogP contribution is 2.20. The Morgan fingerprint density at radius 1 is 1.04 bits per heavy atom. The lowest BCUT2D eigenvalue weighted by Crippen LogP contribution is -2.48. The Kier molecular flexibility index (Phi) is 5.26. The maximum absolute atomic E-state index is 13.0. The summed E-state index contributed by atoms with van der Waals surface area (Å²) in [5.41, 5.74) is 1.29. The van der Waals surface area contributed by atoms with Crippen LogP contribution in [0.4, 0.5) is 15.8 Å². The Morgan fingerprint density at radius 3 is 2.35 bits per heavy atom. The number of hydrogen-bond donors (Lipinski definition) is 0. The topological polar surface area (TPSA) is 66.7 Å². The lowest BCUT2D eigenvalue weighted by atomic mass is 10.1. The molecule has 26 heavy (non-hydrogen) atoms. The van der Waals surface area contributed by atoms with Gasteiger partial charge in [-0.3, -0.25) is 14.9 Å². The Bertz CT molecular complexity index is 828. The van der Waals surface area contributed by atoms with E-state index in [0.717, 1.165) is 5.69 Å². The molecular weight excluding hydrogens is 337 g/mol. The van der Waals surface area contributed by atoms with Crippen molar-refractivity contribution in [2.75, 3.05) is 31.1 Å². The van der Waals surface area contributed by atoms with Gasteiger partial charge in [0, 0.05) is 44.0 Å². The molecule has 0 aliphatic carbocycles. The predicted molar refractivity (Wildman–Crippen MR) is 97.3 cm³/mol. The van der Waals surface area contributed by atoms with Gasteiger partial charge in [-0.05, 0) is 36.4 Å². The fourth-order valence-electron chi connectivity index (χ4n) is 2.90. The number of hydrogen-bond acceptors (Lipinski definition) is 4. The molecule has 0 spiro atoms. The van der Waals surface area contributed by atoms with Gasteiger partial charge in [-0.15, -0.1) is 0 Å². The van der Waals surface area contributed by atoms with Crippen LogP contribution in [0.5, 0.6) is 0 Å². The first-order valence-corrected chi connectivity index (χ1v) is 8.25. The largest absolute Gasteiger partial charge is 0.368 e. The van der Waals surface area contributed by atoms with E-state index in [2.05, 4.69) is 4.90 Å². The minimum Gasteiger partial charge on any atom is -0.368 e. The molecule has 1 saturated heterocycles. The number of benzene rings is 2. The van der Waals surface area contributed by atoms with Crippen LogP contribution in [0.15, 0.2) is 54.6 Å². The average molecular weight is 355 g/mol. The number of nitro benzene ring substituents is 1. The first kappa shape index (κ1) is 17.6. The summed E-state index contributed by atoms with van der Waals surface area (Å²) in [6, 6.07) is 12.6. The molecule has 0 saturated carbocycles. The van der Waals surface area contributed by atoms with Crippen molar-refractivity contribution in [3.05, 3.63) is 76.1 Å². The summed E-state index contributed by atoms with van der Waals surface area (Å²) in [4.78, 5) is 26.7. The van der Waals surface area contributed by atoms with Crippen molar-refractivity contribution in [1.29, 1.82) is 0 Å². The van der Waals surface area contributed by atoms with Crippen LogP contribution in [0, 0.1) is 15.9 Å². The summed E-state index contributed by atoms with van der Waals surface area (Å²) < 4.78 is 13.0. The molecule has 0 N–H and O–H groups in total. The van der Waals surface area contributed by atoms with Gasteiger partial charge in [0.25, 0.3) is 5.69 Å². The van der Waals surface area contributed by atoms with Crippen molar-refractivity contribution < 1.29 is 14.1 Å². The van der Waals surface area contributed by atoms with Crippen molar-refractivity contribution >= 4 is 23.4 Å². The van der Waals surface area contributed by atoms with Crippen LogP contribution < -0.4 is 4.90 Å². The molecule has 0 bridgehead atoms. The molecule has 1 amide bonds. The third kappa shape index (κ3) is 4.05. The van der Waals surface area contributed by atoms with Crippen LogP contribution in [0.1, 0.15) is 5.56 Å². The second kappa shape index (κ2) is 7.77. The van der Waals surface area contributed by atoms with Gasteiger partial charge in [0.2, 0.25) is 5.91 Å². The Morgan fingerprint density at radius 2 is 1.69 bits per heavy atom. The van der Waals surface area contributed by atoms with Crippen molar-refractivity contribution in [2.24, 2.45) is 0 Å². The molecule has 0 unspecified atom stereocenters. The van der Waals surface area contributed by atoms with Crippen molar-refractivity contribution in [1.82, 2.24) is 4.90 Å². The number of nitrogens with zero attached hydrogens (tertiary/aromatic N) is 3. The van der Waals surface area contributed by atoms with E-state index in [1.54, 1.807) is 35.2 Å². The normalized spacial score (nSPS) is 14.7. The van der Waals surface area contributed by atoms with Gasteiger partial charge in [-0.1, -0.05) is 12.1 Å². The highest BCUT2D eigenvalue weighted by molar-refractivity contribution is 5.92. The molecule has 1 aliphatic heterocycles. The van der Waals surface area contributed by atoms with E-state index < -0.39 is 4.92 Å². The van der Waals surface area contributed by atoms with Crippen molar-refractivity contribution in [2.45, 2.75) is 0 Å². The zero-order valence-corrected chi connectivity index (χ0v) is 14.0. The van der Waals surface area contributed by atoms with Gasteiger partial charge >= 0.3 is 0 Å². The van der Waals surface area contributed by atoms with E-state index in [0.29, 0.717) is 31.7 Å². The van der Waals surface area contributed by atoms with Crippen LogP contribution in [-0.4, -0.2) is 41.9 Å². The van der Waals surface area contributed by atoms with E-state index in [1.165, 1.54) is 30.4 Å². The molecule has 6 nitrogen and oxygen atoms in total. The van der Waals surface area contributed by atoms with E-state index in [4.69, 9.17) is 0 Å². The lowest BCUT2D eigenvalue weighted by Gasteiger charge is -2.35. The number of carbonyl (C=O) groups excluding carboxylic acids is 1. The highest BCUT2D eigenvalue weighted by atomic mass is 19.1. The lowest BCUT2D eigenvalue weighted by molar-refractivity contribution is -0.385. The number of halogens is 1. The van der Waals surface area contributed by atoms with Gasteiger partial charge < -0.3 is 9.80 Å². The summed E-state index contributed by atoms with van der Waals surface area (Å²) in [6.07, 6.45) is 2.85. The molecule has 0 radical (unpaired) electrons. The molecule has 1 heterocycles. The third-order valence-corrected chi connectivity index (χ3v) is 4.32. The number of anilines is 1. The van der Waals surface area contributed by atoms with E-state index in [1.807, 2.05) is 0 Å². The summed E-state index contributed by atoms with van der Waals surface area (Å²) in [5.74, 6) is -0.454. The third-order valence-electron chi connectivity index (χ3n) is 4.32. The van der Waals surface area contributed by atoms with Crippen molar-refractivity contribution in [3.8, 4) is 0 Å². The maximum atomic E-state index is 13.0. The fraction of sp³-hybridized carbons (Fsp3) is 0.211. The standard InChI is InChI=1S/C19H18FN3O3/c20-16-6-8-17(9-7-16)21-11-13-22(14-12-21)19(24)10-5-15-3-1-2-4-18(15)23(25)26/h1-10H,11-14H2/b10-5+. The molecule has 1 fully saturated rings. The number of nitro groups is 1. The maximum Gasteiger partial charge on any atom is 0.276 e. The first-order chi connectivity index (χ1) is 12.5. The van der Waals surface area contributed by atoms with Crippen LogP contribution in [0.3, 0.4) is 0 Å². The molecule has 0 atom stereocenters. The molecule has 2 aromatic rings. The quantitative estimate of drug-likeness (QED) is 0.480. The van der Waals surface area contributed by atoms with Crippen LogP contribution in [-0.2, 0) is 4.79 Å². The minimum absolute atomic E-state index is 0.0299. The zero-order chi connectivity index (χ0) is 18.5. The van der Waals surface area contributed by atoms with Crippen LogP contribution in [0.2, 0.25) is 0 Å². The second-order valence-electron chi connectivity index (χ2n) is 5.94. The second-order valence-corrected chi connectivity index (χ2v) is 5.94. The summed E-state index contributed by atoms with van der Waals surface area (Å²) >= 11 is 0. The highest BCUT2D eigenvalue weighted by Gasteiger charge is 2.20. The van der Waals surface area contributed by atoms with Gasteiger partial charge in [0.05, 0.1) is 10.5 Å². The number of para-hydroxylation sites is 1. The Hall–Kier alpha value is -3.22. The Balaban J connectivity index is 1.60. The molecule has 3 rings (SSSR count). The molecular formula is C19H18FN3O3. The Labute approximate surface area is 150 Å². The number of rotatable bonds is 4. The zero-order valence-electron chi connectivity index (χ0n) is 14.0. The summed E-state index contributed by atoms with van der Waals surface area (Å²) in [7, 11) is 0. The van der Waals surface area contributed by atoms with E-state index in [-0.39, 0.29) is 17.4 Å². The van der Waals surface area contributed by atoms with Gasteiger partial charge in [0.1, 0.15) is 5.82 Å². The number of piperazine rings is 1. The predicted octanol–water partition coefficient (Wildman–Crippen LogP) is 3.10. The molecule has 7 heteroatoms.